The zero-order valence-electron chi connectivity index (χ0n) is 10.9. The number of hydrogen-bond acceptors (Lipinski definition) is 6. The zero-order valence-corrected chi connectivity index (χ0v) is 12.5. The molecule has 0 spiro atoms. The second kappa shape index (κ2) is 5.38. The predicted octanol–water partition coefficient (Wildman–Crippen LogP) is 2.25. The second-order valence-corrected chi connectivity index (χ2v) is 5.78. The number of fused-ring (bicyclic) bond motifs is 1. The standard InChI is InChI=1S/C12H13ClN6S/c1-2-9-16-10-4-3-7(6-19(10)17-9)15-12-8(5-14)11(13)18-20-12/h7,15H,2-4,6H2,1H3. The van der Waals surface area contributed by atoms with Crippen molar-refractivity contribution in [3.63, 3.8) is 0 Å². The SMILES string of the molecule is CCc1nc2n(n1)CC(Nc1snc(Cl)c1C#N)CC2. The minimum atomic E-state index is 0.220. The van der Waals surface area contributed by atoms with E-state index in [4.69, 9.17) is 16.9 Å². The summed E-state index contributed by atoms with van der Waals surface area (Å²) in [6, 6.07) is 2.30. The largest absolute Gasteiger partial charge is 0.370 e. The smallest absolute Gasteiger partial charge is 0.162 e. The fraction of sp³-hybridized carbons (Fsp3) is 0.500. The number of halogens is 1. The third kappa shape index (κ3) is 2.37. The summed E-state index contributed by atoms with van der Waals surface area (Å²) in [5.41, 5.74) is 0.426. The van der Waals surface area contributed by atoms with Crippen molar-refractivity contribution in [2.75, 3.05) is 5.32 Å². The van der Waals surface area contributed by atoms with E-state index in [9.17, 15) is 0 Å². The first kappa shape index (κ1) is 13.3. The summed E-state index contributed by atoms with van der Waals surface area (Å²) in [7, 11) is 0. The molecule has 0 aromatic carbocycles. The lowest BCUT2D eigenvalue weighted by atomic mass is 10.1. The molecule has 104 valence electrons. The second-order valence-electron chi connectivity index (χ2n) is 4.65. The lowest BCUT2D eigenvalue weighted by Crippen LogP contribution is -2.31. The highest BCUT2D eigenvalue weighted by Gasteiger charge is 2.23. The Bertz CT molecular complexity index is 670. The van der Waals surface area contributed by atoms with Crippen molar-refractivity contribution in [1.29, 1.82) is 5.26 Å². The molecule has 0 saturated heterocycles. The van der Waals surface area contributed by atoms with Gasteiger partial charge in [-0.25, -0.2) is 9.67 Å². The summed E-state index contributed by atoms with van der Waals surface area (Å²) in [5, 5.41) is 17.9. The fourth-order valence-electron chi connectivity index (χ4n) is 2.28. The van der Waals surface area contributed by atoms with E-state index in [0.717, 1.165) is 42.5 Å². The molecule has 1 atom stereocenters. The van der Waals surface area contributed by atoms with Crippen LogP contribution in [0.3, 0.4) is 0 Å². The van der Waals surface area contributed by atoms with E-state index in [1.807, 2.05) is 4.68 Å². The number of aryl methyl sites for hydroxylation is 2. The van der Waals surface area contributed by atoms with E-state index in [1.54, 1.807) is 0 Å². The highest BCUT2D eigenvalue weighted by atomic mass is 35.5. The van der Waals surface area contributed by atoms with Crippen LogP contribution >= 0.6 is 23.1 Å². The topological polar surface area (TPSA) is 79.4 Å². The van der Waals surface area contributed by atoms with Crippen LogP contribution < -0.4 is 5.32 Å². The number of rotatable bonds is 3. The van der Waals surface area contributed by atoms with Gasteiger partial charge in [-0.15, -0.1) is 0 Å². The van der Waals surface area contributed by atoms with Crippen LogP contribution in [-0.4, -0.2) is 25.2 Å². The summed E-state index contributed by atoms with van der Waals surface area (Å²) in [5.74, 6) is 1.93. The van der Waals surface area contributed by atoms with Crippen molar-refractivity contribution in [1.82, 2.24) is 19.1 Å². The van der Waals surface area contributed by atoms with Gasteiger partial charge in [-0.3, -0.25) is 0 Å². The summed E-state index contributed by atoms with van der Waals surface area (Å²) >= 11 is 7.10. The third-order valence-electron chi connectivity index (χ3n) is 3.32. The minimum absolute atomic E-state index is 0.220. The van der Waals surface area contributed by atoms with E-state index < -0.39 is 0 Å². The molecule has 1 aliphatic rings. The van der Waals surface area contributed by atoms with Gasteiger partial charge in [0, 0.05) is 18.9 Å². The number of nitriles is 1. The van der Waals surface area contributed by atoms with Crippen LogP contribution in [0.4, 0.5) is 5.00 Å². The monoisotopic (exact) mass is 308 g/mol. The molecule has 1 N–H and O–H groups in total. The van der Waals surface area contributed by atoms with Crippen molar-refractivity contribution in [3.8, 4) is 6.07 Å². The van der Waals surface area contributed by atoms with E-state index >= 15 is 0 Å². The first-order valence-electron chi connectivity index (χ1n) is 6.45. The van der Waals surface area contributed by atoms with Gasteiger partial charge in [-0.05, 0) is 18.0 Å². The van der Waals surface area contributed by atoms with Gasteiger partial charge in [0.15, 0.2) is 11.0 Å². The van der Waals surface area contributed by atoms with Crippen molar-refractivity contribution in [3.05, 3.63) is 22.4 Å². The maximum atomic E-state index is 9.08. The van der Waals surface area contributed by atoms with E-state index in [0.29, 0.717) is 5.56 Å². The molecule has 20 heavy (non-hydrogen) atoms. The Labute approximate surface area is 125 Å². The number of anilines is 1. The van der Waals surface area contributed by atoms with Crippen LogP contribution in [0.1, 0.15) is 30.6 Å². The van der Waals surface area contributed by atoms with Crippen LogP contribution in [0.15, 0.2) is 0 Å². The Kier molecular flexibility index (Phi) is 3.59. The van der Waals surface area contributed by atoms with Gasteiger partial charge in [0.25, 0.3) is 0 Å². The molecule has 0 amide bonds. The number of hydrogen-bond donors (Lipinski definition) is 1. The molecule has 2 aromatic heterocycles. The first-order chi connectivity index (χ1) is 9.71. The van der Waals surface area contributed by atoms with Gasteiger partial charge in [0.05, 0.1) is 6.54 Å². The van der Waals surface area contributed by atoms with Crippen LogP contribution in [0.2, 0.25) is 5.15 Å². The van der Waals surface area contributed by atoms with Gasteiger partial charge in [0.2, 0.25) is 0 Å². The van der Waals surface area contributed by atoms with E-state index in [1.165, 1.54) is 11.5 Å². The first-order valence-corrected chi connectivity index (χ1v) is 7.60. The fourth-order valence-corrected chi connectivity index (χ4v) is 3.29. The molecular weight excluding hydrogens is 296 g/mol. The number of nitrogens with zero attached hydrogens (tertiary/aromatic N) is 5. The van der Waals surface area contributed by atoms with Gasteiger partial charge < -0.3 is 5.32 Å². The maximum Gasteiger partial charge on any atom is 0.162 e. The Morgan fingerprint density at radius 2 is 2.45 bits per heavy atom. The van der Waals surface area contributed by atoms with Gasteiger partial charge in [-0.2, -0.15) is 14.7 Å². The maximum absolute atomic E-state index is 9.08. The average Bonchev–Trinajstić information content (AvgIpc) is 3.01. The Balaban J connectivity index is 1.76. The van der Waals surface area contributed by atoms with Crippen molar-refractivity contribution >= 4 is 28.1 Å². The molecule has 1 aliphatic heterocycles. The number of nitrogens with one attached hydrogen (secondary N) is 1. The van der Waals surface area contributed by atoms with E-state index in [2.05, 4.69) is 32.8 Å². The van der Waals surface area contributed by atoms with Crippen LogP contribution in [0.25, 0.3) is 0 Å². The van der Waals surface area contributed by atoms with Crippen LogP contribution in [0, 0.1) is 11.3 Å². The Morgan fingerprint density at radius 3 is 3.20 bits per heavy atom. The highest BCUT2D eigenvalue weighted by molar-refractivity contribution is 7.10. The molecule has 0 radical (unpaired) electrons. The zero-order chi connectivity index (χ0) is 14.1. The predicted molar refractivity (Wildman–Crippen MR) is 77.0 cm³/mol. The lowest BCUT2D eigenvalue weighted by molar-refractivity contribution is 0.441. The normalized spacial score (nSPS) is 17.6. The molecule has 0 saturated carbocycles. The van der Waals surface area contributed by atoms with Crippen LogP contribution in [-0.2, 0) is 19.4 Å². The minimum Gasteiger partial charge on any atom is -0.370 e. The molecular formula is C12H13ClN6S. The van der Waals surface area contributed by atoms with Crippen molar-refractivity contribution in [2.45, 2.75) is 38.8 Å². The molecule has 6 nitrogen and oxygen atoms in total. The lowest BCUT2D eigenvalue weighted by Gasteiger charge is -2.23. The molecule has 3 rings (SSSR count). The molecule has 0 aliphatic carbocycles. The summed E-state index contributed by atoms with van der Waals surface area (Å²) in [6.45, 7) is 2.80. The van der Waals surface area contributed by atoms with Crippen molar-refractivity contribution in [2.24, 2.45) is 0 Å². The van der Waals surface area contributed by atoms with E-state index in [-0.39, 0.29) is 11.2 Å². The van der Waals surface area contributed by atoms with Crippen LogP contribution in [0.5, 0.6) is 0 Å². The highest BCUT2D eigenvalue weighted by Crippen LogP contribution is 2.29. The quantitative estimate of drug-likeness (QED) is 0.940. The molecule has 3 heterocycles. The molecule has 1 unspecified atom stereocenters. The summed E-state index contributed by atoms with van der Waals surface area (Å²) < 4.78 is 5.95. The molecule has 2 aromatic rings. The average molecular weight is 309 g/mol. The summed E-state index contributed by atoms with van der Waals surface area (Å²) in [6.07, 6.45) is 2.70. The molecule has 8 heteroatoms. The molecule has 0 bridgehead atoms. The Morgan fingerprint density at radius 1 is 1.60 bits per heavy atom. The van der Waals surface area contributed by atoms with Gasteiger partial charge >= 0.3 is 0 Å². The summed E-state index contributed by atoms with van der Waals surface area (Å²) in [4.78, 5) is 4.49. The van der Waals surface area contributed by atoms with Gasteiger partial charge in [0.1, 0.15) is 22.5 Å². The van der Waals surface area contributed by atoms with Crippen molar-refractivity contribution < 1.29 is 0 Å². The Hall–Kier alpha value is -1.65. The number of aromatic nitrogens is 4. The van der Waals surface area contributed by atoms with Gasteiger partial charge in [-0.1, -0.05) is 18.5 Å². The molecule has 0 fully saturated rings. The third-order valence-corrected chi connectivity index (χ3v) is 4.47.